The summed E-state index contributed by atoms with van der Waals surface area (Å²) in [6.07, 6.45) is 0. The minimum atomic E-state index is -3.86. The van der Waals surface area contributed by atoms with Crippen molar-refractivity contribution in [2.75, 3.05) is 10.0 Å². The molecule has 0 bridgehead atoms. The van der Waals surface area contributed by atoms with Gasteiger partial charge < -0.3 is 5.32 Å². The molecule has 0 spiro atoms. The van der Waals surface area contributed by atoms with Crippen LogP contribution in [0.15, 0.2) is 71.6 Å². The van der Waals surface area contributed by atoms with Gasteiger partial charge in [-0.3, -0.25) is 9.52 Å². The van der Waals surface area contributed by atoms with Gasteiger partial charge in [0, 0.05) is 5.56 Å². The average Bonchev–Trinajstić information content (AvgIpc) is 2.65. The molecule has 0 aliphatic heterocycles. The molecule has 144 valence electrons. The second kappa shape index (κ2) is 8.04. The predicted octanol–water partition coefficient (Wildman–Crippen LogP) is 5.01. The van der Waals surface area contributed by atoms with Crippen LogP contribution in [-0.2, 0) is 10.0 Å². The summed E-state index contributed by atoms with van der Waals surface area (Å²) in [6.45, 7) is 3.50. The molecule has 0 aliphatic carbocycles. The van der Waals surface area contributed by atoms with Crippen LogP contribution < -0.4 is 10.0 Å². The van der Waals surface area contributed by atoms with Gasteiger partial charge in [0.05, 0.1) is 21.3 Å². The largest absolute Gasteiger partial charge is 0.321 e. The molecule has 5 nitrogen and oxygen atoms in total. The van der Waals surface area contributed by atoms with E-state index in [4.69, 9.17) is 11.6 Å². The summed E-state index contributed by atoms with van der Waals surface area (Å²) >= 11 is 6.07. The maximum Gasteiger partial charge on any atom is 0.262 e. The summed E-state index contributed by atoms with van der Waals surface area (Å²) in [4.78, 5) is 12.6. The third-order valence-electron chi connectivity index (χ3n) is 4.25. The number of carbonyl (C=O) groups is 1. The fraction of sp³-hybridized carbons (Fsp3) is 0.0952. The Morgan fingerprint density at radius 2 is 1.50 bits per heavy atom. The smallest absolute Gasteiger partial charge is 0.262 e. The molecule has 0 aliphatic rings. The van der Waals surface area contributed by atoms with E-state index >= 15 is 0 Å². The topological polar surface area (TPSA) is 75.3 Å². The molecule has 0 saturated heterocycles. The van der Waals surface area contributed by atoms with Crippen LogP contribution >= 0.6 is 11.6 Å². The molecule has 0 atom stereocenters. The second-order valence-corrected chi connectivity index (χ2v) is 8.39. The second-order valence-electron chi connectivity index (χ2n) is 6.33. The molecule has 3 aromatic rings. The standard InChI is InChI=1S/C21H19ClN2O3S/c1-14-7-3-5-9-18(14)24-28(26,27)20-13-16(12-11-15(20)2)21(25)23-19-10-6-4-8-17(19)22/h3-13,24H,1-2H3,(H,23,25). The molecule has 3 rings (SSSR count). The fourth-order valence-electron chi connectivity index (χ4n) is 2.68. The maximum atomic E-state index is 12.9. The minimum absolute atomic E-state index is 0.0440. The van der Waals surface area contributed by atoms with Gasteiger partial charge in [-0.1, -0.05) is 48.0 Å². The Bertz CT molecular complexity index is 1140. The first-order chi connectivity index (χ1) is 13.3. The number of halogens is 1. The lowest BCUT2D eigenvalue weighted by Gasteiger charge is -2.14. The molecular formula is C21H19ClN2O3S. The molecule has 0 unspecified atom stereocenters. The van der Waals surface area contributed by atoms with Crippen LogP contribution in [0.5, 0.6) is 0 Å². The fourth-order valence-corrected chi connectivity index (χ4v) is 4.26. The molecule has 28 heavy (non-hydrogen) atoms. The van der Waals surface area contributed by atoms with Crippen molar-refractivity contribution in [3.63, 3.8) is 0 Å². The molecule has 0 fully saturated rings. The first-order valence-corrected chi connectivity index (χ1v) is 10.4. The van der Waals surface area contributed by atoms with Crippen molar-refractivity contribution in [2.24, 2.45) is 0 Å². The van der Waals surface area contributed by atoms with E-state index in [0.717, 1.165) is 5.56 Å². The Morgan fingerprint density at radius 1 is 0.857 bits per heavy atom. The molecule has 0 saturated carbocycles. The highest BCUT2D eigenvalue weighted by molar-refractivity contribution is 7.92. The van der Waals surface area contributed by atoms with Crippen LogP contribution in [0.2, 0.25) is 5.02 Å². The van der Waals surface area contributed by atoms with Crippen LogP contribution in [0, 0.1) is 13.8 Å². The van der Waals surface area contributed by atoms with Gasteiger partial charge in [-0.15, -0.1) is 0 Å². The zero-order chi connectivity index (χ0) is 20.3. The first kappa shape index (κ1) is 19.9. The summed E-state index contributed by atoms with van der Waals surface area (Å²) in [5.74, 6) is -0.444. The molecule has 1 amide bonds. The minimum Gasteiger partial charge on any atom is -0.321 e. The zero-order valence-corrected chi connectivity index (χ0v) is 16.9. The Hall–Kier alpha value is -2.83. The Labute approximate surface area is 169 Å². The Kier molecular flexibility index (Phi) is 5.72. The van der Waals surface area contributed by atoms with Gasteiger partial charge in [-0.05, 0) is 55.3 Å². The summed E-state index contributed by atoms with van der Waals surface area (Å²) in [7, 11) is -3.86. The van der Waals surface area contributed by atoms with Gasteiger partial charge >= 0.3 is 0 Å². The van der Waals surface area contributed by atoms with Crippen molar-refractivity contribution >= 4 is 38.9 Å². The molecule has 0 heterocycles. The Morgan fingerprint density at radius 3 is 2.18 bits per heavy atom. The number of rotatable bonds is 5. The molecule has 7 heteroatoms. The maximum absolute atomic E-state index is 12.9. The number of para-hydroxylation sites is 2. The van der Waals surface area contributed by atoms with Gasteiger partial charge in [0.2, 0.25) is 0 Å². The van der Waals surface area contributed by atoms with Gasteiger partial charge in [0.25, 0.3) is 15.9 Å². The van der Waals surface area contributed by atoms with Crippen molar-refractivity contribution in [1.29, 1.82) is 0 Å². The summed E-state index contributed by atoms with van der Waals surface area (Å²) in [5.41, 5.74) is 2.51. The number of carbonyl (C=O) groups excluding carboxylic acids is 1. The number of hydrogen-bond acceptors (Lipinski definition) is 3. The van der Waals surface area contributed by atoms with E-state index in [-0.39, 0.29) is 10.5 Å². The number of anilines is 2. The highest BCUT2D eigenvalue weighted by atomic mass is 35.5. The van der Waals surface area contributed by atoms with Crippen LogP contribution in [0.3, 0.4) is 0 Å². The molecule has 3 aromatic carbocycles. The number of amides is 1. The van der Waals surface area contributed by atoms with E-state index in [1.807, 2.05) is 19.1 Å². The highest BCUT2D eigenvalue weighted by Crippen LogP contribution is 2.24. The highest BCUT2D eigenvalue weighted by Gasteiger charge is 2.20. The van der Waals surface area contributed by atoms with Crippen molar-refractivity contribution in [1.82, 2.24) is 0 Å². The SMILES string of the molecule is Cc1ccccc1NS(=O)(=O)c1cc(C(=O)Nc2ccccc2Cl)ccc1C. The van der Waals surface area contributed by atoms with Gasteiger partial charge in [0.15, 0.2) is 0 Å². The van der Waals surface area contributed by atoms with E-state index in [1.165, 1.54) is 6.07 Å². The third-order valence-corrected chi connectivity index (χ3v) is 6.09. The van der Waals surface area contributed by atoms with E-state index < -0.39 is 15.9 Å². The average molecular weight is 415 g/mol. The van der Waals surface area contributed by atoms with Crippen molar-refractivity contribution in [2.45, 2.75) is 18.7 Å². The van der Waals surface area contributed by atoms with Gasteiger partial charge in [-0.2, -0.15) is 0 Å². The lowest BCUT2D eigenvalue weighted by Crippen LogP contribution is -2.17. The van der Waals surface area contributed by atoms with E-state index in [0.29, 0.717) is 22.0 Å². The van der Waals surface area contributed by atoms with Gasteiger partial charge in [-0.25, -0.2) is 8.42 Å². The van der Waals surface area contributed by atoms with Crippen LogP contribution in [0.1, 0.15) is 21.5 Å². The number of benzene rings is 3. The van der Waals surface area contributed by atoms with Crippen LogP contribution in [0.4, 0.5) is 11.4 Å². The molecule has 0 radical (unpaired) electrons. The number of aryl methyl sites for hydroxylation is 2. The van der Waals surface area contributed by atoms with Crippen molar-refractivity contribution in [3.8, 4) is 0 Å². The summed E-state index contributed by atoms with van der Waals surface area (Å²) in [6, 6.07) is 18.5. The lowest BCUT2D eigenvalue weighted by atomic mass is 10.1. The lowest BCUT2D eigenvalue weighted by molar-refractivity contribution is 0.102. The quantitative estimate of drug-likeness (QED) is 0.616. The number of nitrogens with one attached hydrogen (secondary N) is 2. The first-order valence-electron chi connectivity index (χ1n) is 8.53. The Balaban J connectivity index is 1.92. The van der Waals surface area contributed by atoms with E-state index in [9.17, 15) is 13.2 Å². The predicted molar refractivity (Wildman–Crippen MR) is 113 cm³/mol. The van der Waals surface area contributed by atoms with Crippen molar-refractivity contribution < 1.29 is 13.2 Å². The molecular weight excluding hydrogens is 396 g/mol. The summed E-state index contributed by atoms with van der Waals surface area (Å²) < 4.78 is 28.4. The van der Waals surface area contributed by atoms with E-state index in [2.05, 4.69) is 10.0 Å². The van der Waals surface area contributed by atoms with Crippen molar-refractivity contribution in [3.05, 3.63) is 88.4 Å². The molecule has 0 aromatic heterocycles. The number of sulfonamides is 1. The number of hydrogen-bond donors (Lipinski definition) is 2. The zero-order valence-electron chi connectivity index (χ0n) is 15.4. The van der Waals surface area contributed by atoms with Gasteiger partial charge in [0.1, 0.15) is 0 Å². The van der Waals surface area contributed by atoms with Crippen LogP contribution in [-0.4, -0.2) is 14.3 Å². The monoisotopic (exact) mass is 414 g/mol. The third kappa shape index (κ3) is 4.35. The molecule has 2 N–H and O–H groups in total. The van der Waals surface area contributed by atoms with Crippen LogP contribution in [0.25, 0.3) is 0 Å². The van der Waals surface area contributed by atoms with E-state index in [1.54, 1.807) is 55.5 Å². The normalized spacial score (nSPS) is 11.1. The summed E-state index contributed by atoms with van der Waals surface area (Å²) in [5, 5.41) is 3.10.